The number of anilines is 1. The van der Waals surface area contributed by atoms with Crippen LogP contribution < -0.4 is 11.1 Å². The quantitative estimate of drug-likeness (QED) is 0.834. The first-order valence-corrected chi connectivity index (χ1v) is 8.20. The van der Waals surface area contributed by atoms with Gasteiger partial charge in [0.1, 0.15) is 17.3 Å². The van der Waals surface area contributed by atoms with E-state index < -0.39 is 23.2 Å². The summed E-state index contributed by atoms with van der Waals surface area (Å²) in [6.45, 7) is 2.32. The number of rotatable bonds is 6. The molecule has 2 amide bonds. The van der Waals surface area contributed by atoms with Crippen molar-refractivity contribution < 1.29 is 18.4 Å². The van der Waals surface area contributed by atoms with Gasteiger partial charge in [-0.15, -0.1) is 0 Å². The van der Waals surface area contributed by atoms with Gasteiger partial charge in [0.2, 0.25) is 11.8 Å². The molecule has 24 heavy (non-hydrogen) atoms. The van der Waals surface area contributed by atoms with Crippen LogP contribution in [-0.4, -0.2) is 36.3 Å². The van der Waals surface area contributed by atoms with Gasteiger partial charge in [-0.2, -0.15) is 0 Å². The van der Waals surface area contributed by atoms with Crippen molar-refractivity contribution >= 4 is 17.5 Å². The van der Waals surface area contributed by atoms with Crippen molar-refractivity contribution in [3.63, 3.8) is 0 Å². The summed E-state index contributed by atoms with van der Waals surface area (Å²) in [6.07, 6.45) is 2.63. The molecule has 0 saturated heterocycles. The number of nitrogens with zero attached hydrogens (tertiary/aromatic N) is 1. The van der Waals surface area contributed by atoms with Crippen molar-refractivity contribution in [3.05, 3.63) is 29.8 Å². The number of carbonyl (C=O) groups is 2. The predicted molar refractivity (Wildman–Crippen MR) is 87.1 cm³/mol. The number of para-hydroxylation sites is 1. The second-order valence-electron chi connectivity index (χ2n) is 6.03. The van der Waals surface area contributed by atoms with Gasteiger partial charge in [-0.1, -0.05) is 12.5 Å². The Bertz CT molecular complexity index is 589. The Kier molecular flexibility index (Phi) is 6.25. The van der Waals surface area contributed by atoms with Crippen LogP contribution in [0.15, 0.2) is 18.2 Å². The smallest absolute Gasteiger partial charge is 0.244 e. The second kappa shape index (κ2) is 8.19. The molecule has 5 nitrogen and oxygen atoms in total. The molecule has 1 aliphatic carbocycles. The van der Waals surface area contributed by atoms with E-state index in [-0.39, 0.29) is 24.3 Å². The van der Waals surface area contributed by atoms with E-state index in [4.69, 9.17) is 5.73 Å². The summed E-state index contributed by atoms with van der Waals surface area (Å²) in [7, 11) is 0. The van der Waals surface area contributed by atoms with Crippen molar-refractivity contribution in [2.45, 2.75) is 26.2 Å². The van der Waals surface area contributed by atoms with E-state index >= 15 is 0 Å². The van der Waals surface area contributed by atoms with Crippen LogP contribution in [0.5, 0.6) is 0 Å². The first-order valence-electron chi connectivity index (χ1n) is 8.20. The van der Waals surface area contributed by atoms with E-state index in [1.165, 1.54) is 11.0 Å². The standard InChI is InChI=1S/C17H23F2N3O2/c1-2-22(17(24)12-6-3-5-11(12)9-20)10-15(23)21-16-13(18)7-4-8-14(16)19/h4,7-8,11-12H,2-3,5-6,9-10,20H2,1H3,(H,21,23)/t11-,12-/m1/s1. The summed E-state index contributed by atoms with van der Waals surface area (Å²) in [4.78, 5) is 26.1. The number of nitrogens with two attached hydrogens (primary N) is 1. The van der Waals surface area contributed by atoms with Crippen molar-refractivity contribution in [2.75, 3.05) is 25.0 Å². The van der Waals surface area contributed by atoms with Gasteiger partial charge in [0.15, 0.2) is 0 Å². The maximum atomic E-state index is 13.6. The van der Waals surface area contributed by atoms with E-state index in [0.717, 1.165) is 31.4 Å². The molecule has 1 fully saturated rings. The van der Waals surface area contributed by atoms with Gasteiger partial charge >= 0.3 is 0 Å². The Morgan fingerprint density at radius 3 is 2.54 bits per heavy atom. The highest BCUT2D eigenvalue weighted by atomic mass is 19.1. The average Bonchev–Trinajstić information content (AvgIpc) is 3.04. The Labute approximate surface area is 140 Å². The molecule has 0 aliphatic heterocycles. The third-order valence-corrected chi connectivity index (χ3v) is 4.53. The van der Waals surface area contributed by atoms with Gasteiger partial charge in [-0.05, 0) is 44.4 Å². The molecular weight excluding hydrogens is 316 g/mol. The van der Waals surface area contributed by atoms with E-state index in [1.54, 1.807) is 6.92 Å². The first kappa shape index (κ1) is 18.3. The fourth-order valence-electron chi connectivity index (χ4n) is 3.19. The lowest BCUT2D eigenvalue weighted by molar-refractivity contribution is -0.139. The molecule has 2 rings (SSSR count). The molecule has 0 aromatic heterocycles. The normalized spacial score (nSPS) is 20.0. The Hall–Kier alpha value is -2.02. The highest BCUT2D eigenvalue weighted by Crippen LogP contribution is 2.32. The largest absolute Gasteiger partial charge is 0.333 e. The number of nitrogens with one attached hydrogen (secondary N) is 1. The number of halogens is 2. The Morgan fingerprint density at radius 2 is 1.96 bits per heavy atom. The van der Waals surface area contributed by atoms with Crippen LogP contribution in [0.1, 0.15) is 26.2 Å². The SMILES string of the molecule is CCN(CC(=O)Nc1c(F)cccc1F)C(=O)[C@@H]1CCC[C@@H]1CN. The Balaban J connectivity index is 2.01. The van der Waals surface area contributed by atoms with E-state index in [9.17, 15) is 18.4 Å². The lowest BCUT2D eigenvalue weighted by Crippen LogP contribution is -2.43. The molecule has 2 atom stereocenters. The molecule has 1 saturated carbocycles. The fraction of sp³-hybridized carbons (Fsp3) is 0.529. The van der Waals surface area contributed by atoms with Crippen LogP contribution in [0.2, 0.25) is 0 Å². The minimum Gasteiger partial charge on any atom is -0.333 e. The summed E-state index contributed by atoms with van der Waals surface area (Å²) in [5.41, 5.74) is 5.21. The van der Waals surface area contributed by atoms with E-state index in [0.29, 0.717) is 13.1 Å². The van der Waals surface area contributed by atoms with Crippen LogP contribution in [-0.2, 0) is 9.59 Å². The van der Waals surface area contributed by atoms with Gasteiger partial charge in [-0.3, -0.25) is 9.59 Å². The number of hydrogen-bond donors (Lipinski definition) is 2. The maximum absolute atomic E-state index is 13.6. The van der Waals surface area contributed by atoms with Crippen LogP contribution in [0.3, 0.4) is 0 Å². The molecular formula is C17H23F2N3O2. The van der Waals surface area contributed by atoms with Gasteiger partial charge in [0, 0.05) is 12.5 Å². The molecule has 0 unspecified atom stereocenters. The Morgan fingerprint density at radius 1 is 1.29 bits per heavy atom. The number of hydrogen-bond acceptors (Lipinski definition) is 3. The lowest BCUT2D eigenvalue weighted by atomic mass is 9.94. The second-order valence-corrected chi connectivity index (χ2v) is 6.03. The molecule has 0 spiro atoms. The zero-order valence-electron chi connectivity index (χ0n) is 13.7. The molecule has 132 valence electrons. The predicted octanol–water partition coefficient (Wildman–Crippen LogP) is 2.13. The summed E-state index contributed by atoms with van der Waals surface area (Å²) >= 11 is 0. The van der Waals surface area contributed by atoms with Gasteiger partial charge in [0.25, 0.3) is 0 Å². The third kappa shape index (κ3) is 4.08. The summed E-state index contributed by atoms with van der Waals surface area (Å²) in [6, 6.07) is 3.34. The first-order chi connectivity index (χ1) is 11.5. The molecule has 0 radical (unpaired) electrons. The molecule has 0 heterocycles. The molecule has 3 N–H and O–H groups in total. The monoisotopic (exact) mass is 339 g/mol. The fourth-order valence-corrected chi connectivity index (χ4v) is 3.19. The van der Waals surface area contributed by atoms with Crippen molar-refractivity contribution in [1.29, 1.82) is 0 Å². The van der Waals surface area contributed by atoms with Crippen molar-refractivity contribution in [3.8, 4) is 0 Å². The molecule has 1 aromatic carbocycles. The number of carbonyl (C=O) groups excluding carboxylic acids is 2. The number of amides is 2. The highest BCUT2D eigenvalue weighted by Gasteiger charge is 2.34. The molecule has 7 heteroatoms. The molecule has 1 aliphatic rings. The minimum atomic E-state index is -0.850. The van der Waals surface area contributed by atoms with Crippen LogP contribution in [0.4, 0.5) is 14.5 Å². The third-order valence-electron chi connectivity index (χ3n) is 4.53. The van der Waals surface area contributed by atoms with E-state index in [1.807, 2.05) is 0 Å². The topological polar surface area (TPSA) is 75.4 Å². The average molecular weight is 339 g/mol. The lowest BCUT2D eigenvalue weighted by Gasteiger charge is -2.26. The highest BCUT2D eigenvalue weighted by molar-refractivity contribution is 5.95. The van der Waals surface area contributed by atoms with Crippen LogP contribution in [0.25, 0.3) is 0 Å². The number of likely N-dealkylation sites (N-methyl/N-ethyl adjacent to an activating group) is 1. The molecule has 1 aromatic rings. The van der Waals surface area contributed by atoms with Gasteiger partial charge < -0.3 is 16.0 Å². The van der Waals surface area contributed by atoms with Gasteiger partial charge in [-0.25, -0.2) is 8.78 Å². The number of benzene rings is 1. The zero-order chi connectivity index (χ0) is 17.7. The van der Waals surface area contributed by atoms with Crippen LogP contribution >= 0.6 is 0 Å². The molecule has 0 bridgehead atoms. The minimum absolute atomic E-state index is 0.116. The van der Waals surface area contributed by atoms with Gasteiger partial charge in [0.05, 0.1) is 6.54 Å². The summed E-state index contributed by atoms with van der Waals surface area (Å²) in [5, 5.41) is 2.21. The van der Waals surface area contributed by atoms with Crippen LogP contribution in [0, 0.1) is 23.5 Å². The van der Waals surface area contributed by atoms with E-state index in [2.05, 4.69) is 5.32 Å². The summed E-state index contributed by atoms with van der Waals surface area (Å²) < 4.78 is 27.2. The van der Waals surface area contributed by atoms with Crippen molar-refractivity contribution in [1.82, 2.24) is 4.90 Å². The summed E-state index contributed by atoms with van der Waals surface area (Å²) in [5.74, 6) is -2.48. The zero-order valence-corrected chi connectivity index (χ0v) is 13.7. The van der Waals surface area contributed by atoms with Crippen molar-refractivity contribution in [2.24, 2.45) is 17.6 Å². The maximum Gasteiger partial charge on any atom is 0.244 e.